The van der Waals surface area contributed by atoms with E-state index >= 15 is 0 Å². The van der Waals surface area contributed by atoms with E-state index in [1.165, 1.54) is 12.2 Å². The number of nitrogens with one attached hydrogen (secondary N) is 1. The molecular formula is C16H20N2O3. The van der Waals surface area contributed by atoms with E-state index < -0.39 is 6.10 Å². The average molecular weight is 288 g/mol. The number of para-hydroxylation sites is 2. The van der Waals surface area contributed by atoms with Crippen LogP contribution in [-0.2, 0) is 4.79 Å². The van der Waals surface area contributed by atoms with Gasteiger partial charge < -0.3 is 14.8 Å². The predicted octanol–water partition coefficient (Wildman–Crippen LogP) is 2.36. The molecule has 0 bridgehead atoms. The van der Waals surface area contributed by atoms with Gasteiger partial charge in [0, 0.05) is 18.7 Å². The molecule has 0 spiro atoms. The summed E-state index contributed by atoms with van der Waals surface area (Å²) in [5.74, 6) is 0.501. The molecule has 0 aliphatic carbocycles. The molecule has 1 aromatic heterocycles. The lowest BCUT2D eigenvalue weighted by Gasteiger charge is -2.12. The zero-order valence-corrected chi connectivity index (χ0v) is 12.2. The highest BCUT2D eigenvalue weighted by molar-refractivity contribution is 5.91. The van der Waals surface area contributed by atoms with Crippen LogP contribution in [0.1, 0.15) is 26.2 Å². The first kappa shape index (κ1) is 15.3. The fraction of sp³-hybridized carbons (Fsp3) is 0.375. The Morgan fingerprint density at radius 2 is 2.19 bits per heavy atom. The topological polar surface area (TPSA) is 75.4 Å². The quantitative estimate of drug-likeness (QED) is 0.800. The molecule has 1 amide bonds. The van der Waals surface area contributed by atoms with Crippen LogP contribution in [-0.4, -0.2) is 28.6 Å². The first-order valence-corrected chi connectivity index (χ1v) is 7.04. The molecule has 0 saturated heterocycles. The number of carbonyl (C=O) groups excluding carboxylic acids is 1. The highest BCUT2D eigenvalue weighted by Gasteiger charge is 2.08. The van der Waals surface area contributed by atoms with Crippen molar-refractivity contribution in [2.45, 2.75) is 26.4 Å². The molecule has 0 fully saturated rings. The second-order valence-corrected chi connectivity index (χ2v) is 5.38. The van der Waals surface area contributed by atoms with Gasteiger partial charge in [-0.25, -0.2) is 4.98 Å². The molecule has 5 heteroatoms. The van der Waals surface area contributed by atoms with Crippen molar-refractivity contribution in [1.29, 1.82) is 0 Å². The normalized spacial score (nSPS) is 13.1. The summed E-state index contributed by atoms with van der Waals surface area (Å²) in [6, 6.07) is 7.41. The number of fused-ring (bicyclic) bond motifs is 1. The van der Waals surface area contributed by atoms with Crippen molar-refractivity contribution < 1.29 is 14.3 Å². The van der Waals surface area contributed by atoms with Crippen LogP contribution < -0.4 is 5.32 Å². The van der Waals surface area contributed by atoms with E-state index in [1.54, 1.807) is 0 Å². The van der Waals surface area contributed by atoms with Crippen molar-refractivity contribution in [3.8, 4) is 0 Å². The van der Waals surface area contributed by atoms with Crippen LogP contribution >= 0.6 is 0 Å². The number of amides is 1. The second-order valence-electron chi connectivity index (χ2n) is 5.38. The summed E-state index contributed by atoms with van der Waals surface area (Å²) in [5, 5.41) is 12.3. The molecule has 0 saturated carbocycles. The van der Waals surface area contributed by atoms with Gasteiger partial charge in [0.25, 0.3) is 0 Å². The maximum absolute atomic E-state index is 11.6. The minimum Gasteiger partial charge on any atom is -0.437 e. The van der Waals surface area contributed by atoms with Crippen molar-refractivity contribution in [3.63, 3.8) is 0 Å². The molecular weight excluding hydrogens is 268 g/mol. The third-order valence-corrected chi connectivity index (χ3v) is 2.94. The number of benzene rings is 1. The van der Waals surface area contributed by atoms with Gasteiger partial charge in [0.05, 0.1) is 6.10 Å². The summed E-state index contributed by atoms with van der Waals surface area (Å²) < 4.78 is 5.47. The highest BCUT2D eigenvalue weighted by atomic mass is 16.3. The van der Waals surface area contributed by atoms with Gasteiger partial charge in [-0.2, -0.15) is 0 Å². The Bertz CT molecular complexity index is 598. The van der Waals surface area contributed by atoms with Crippen molar-refractivity contribution in [1.82, 2.24) is 10.3 Å². The van der Waals surface area contributed by atoms with E-state index in [1.807, 2.05) is 38.1 Å². The van der Waals surface area contributed by atoms with Crippen LogP contribution in [0.5, 0.6) is 0 Å². The maximum atomic E-state index is 11.6. The summed E-state index contributed by atoms with van der Waals surface area (Å²) in [5.41, 5.74) is 1.44. The van der Waals surface area contributed by atoms with Crippen molar-refractivity contribution in [3.05, 3.63) is 36.2 Å². The molecule has 1 heterocycles. The molecule has 21 heavy (non-hydrogen) atoms. The average Bonchev–Trinajstić information content (AvgIpc) is 2.85. The smallest absolute Gasteiger partial charge is 0.244 e. The molecule has 1 unspecified atom stereocenters. The van der Waals surface area contributed by atoms with Crippen LogP contribution in [0.4, 0.5) is 0 Å². The number of hydrogen-bond donors (Lipinski definition) is 2. The molecule has 1 atom stereocenters. The SMILES string of the molecule is CC(C)CC(O)CNC(=O)/C=C/c1nc2ccccc2o1. The van der Waals surface area contributed by atoms with Crippen LogP contribution in [0.25, 0.3) is 17.2 Å². The molecule has 0 aliphatic heterocycles. The first-order chi connectivity index (χ1) is 10.0. The minimum atomic E-state index is -0.522. The number of aliphatic hydroxyl groups is 1. The Labute approximate surface area is 123 Å². The Morgan fingerprint density at radius 1 is 1.43 bits per heavy atom. The molecule has 112 valence electrons. The Hall–Kier alpha value is -2.14. The minimum absolute atomic E-state index is 0.245. The van der Waals surface area contributed by atoms with Crippen LogP contribution in [0.15, 0.2) is 34.8 Å². The van der Waals surface area contributed by atoms with Gasteiger partial charge in [0.15, 0.2) is 5.58 Å². The molecule has 2 rings (SSSR count). The van der Waals surface area contributed by atoms with Gasteiger partial charge in [0.2, 0.25) is 11.8 Å². The number of aliphatic hydroxyl groups excluding tert-OH is 1. The van der Waals surface area contributed by atoms with Crippen LogP contribution in [0.3, 0.4) is 0 Å². The molecule has 2 aromatic rings. The fourth-order valence-electron chi connectivity index (χ4n) is 2.01. The molecule has 5 nitrogen and oxygen atoms in total. The molecule has 2 N–H and O–H groups in total. The highest BCUT2D eigenvalue weighted by Crippen LogP contribution is 2.15. The fourth-order valence-corrected chi connectivity index (χ4v) is 2.01. The van der Waals surface area contributed by atoms with Crippen molar-refractivity contribution in [2.24, 2.45) is 5.92 Å². The zero-order chi connectivity index (χ0) is 15.2. The van der Waals surface area contributed by atoms with Gasteiger partial charge in [-0.1, -0.05) is 26.0 Å². The third-order valence-electron chi connectivity index (χ3n) is 2.94. The predicted molar refractivity (Wildman–Crippen MR) is 81.5 cm³/mol. The lowest BCUT2D eigenvalue weighted by molar-refractivity contribution is -0.116. The Balaban J connectivity index is 1.87. The standard InChI is InChI=1S/C16H20N2O3/c1-11(2)9-12(19)10-17-15(20)7-8-16-18-13-5-3-4-6-14(13)21-16/h3-8,11-12,19H,9-10H2,1-2H3,(H,17,20)/b8-7+. The number of aromatic nitrogens is 1. The van der Waals surface area contributed by atoms with E-state index in [-0.39, 0.29) is 12.5 Å². The van der Waals surface area contributed by atoms with E-state index in [2.05, 4.69) is 10.3 Å². The second kappa shape index (κ2) is 7.04. The van der Waals surface area contributed by atoms with Crippen LogP contribution in [0.2, 0.25) is 0 Å². The van der Waals surface area contributed by atoms with Crippen LogP contribution in [0, 0.1) is 5.92 Å². The van der Waals surface area contributed by atoms with Gasteiger partial charge in [0.1, 0.15) is 5.52 Å². The van der Waals surface area contributed by atoms with E-state index in [9.17, 15) is 9.90 Å². The summed E-state index contributed by atoms with van der Waals surface area (Å²) in [6.45, 7) is 4.30. The monoisotopic (exact) mass is 288 g/mol. The Kier molecular flexibility index (Phi) is 5.11. The summed E-state index contributed by atoms with van der Waals surface area (Å²) in [7, 11) is 0. The van der Waals surface area contributed by atoms with Crippen molar-refractivity contribution in [2.75, 3.05) is 6.54 Å². The summed E-state index contributed by atoms with van der Waals surface area (Å²) >= 11 is 0. The summed E-state index contributed by atoms with van der Waals surface area (Å²) in [4.78, 5) is 15.9. The Morgan fingerprint density at radius 3 is 2.90 bits per heavy atom. The van der Waals surface area contributed by atoms with E-state index in [0.717, 1.165) is 5.52 Å². The first-order valence-electron chi connectivity index (χ1n) is 7.04. The summed E-state index contributed by atoms with van der Waals surface area (Å²) in [6.07, 6.45) is 3.01. The van der Waals surface area contributed by atoms with Gasteiger partial charge >= 0.3 is 0 Å². The number of oxazole rings is 1. The maximum Gasteiger partial charge on any atom is 0.244 e. The van der Waals surface area contributed by atoms with Gasteiger partial charge in [-0.15, -0.1) is 0 Å². The lowest BCUT2D eigenvalue weighted by atomic mass is 10.1. The van der Waals surface area contributed by atoms with Gasteiger partial charge in [-0.3, -0.25) is 4.79 Å². The molecule has 0 aliphatic rings. The lowest BCUT2D eigenvalue weighted by Crippen LogP contribution is -2.31. The van der Waals surface area contributed by atoms with Crippen molar-refractivity contribution >= 4 is 23.1 Å². The van der Waals surface area contributed by atoms with Gasteiger partial charge in [-0.05, 0) is 24.5 Å². The van der Waals surface area contributed by atoms with E-state index in [4.69, 9.17) is 4.42 Å². The molecule has 1 aromatic carbocycles. The largest absolute Gasteiger partial charge is 0.437 e. The number of hydrogen-bond acceptors (Lipinski definition) is 4. The number of carbonyl (C=O) groups is 1. The number of nitrogens with zero attached hydrogens (tertiary/aromatic N) is 1. The van der Waals surface area contributed by atoms with E-state index in [0.29, 0.717) is 23.8 Å². The third kappa shape index (κ3) is 4.72. The zero-order valence-electron chi connectivity index (χ0n) is 12.2. The number of rotatable bonds is 6. The molecule has 0 radical (unpaired) electrons.